The number of H-pyrrole nitrogens is 1. The first-order chi connectivity index (χ1) is 15.8. The highest BCUT2D eigenvalue weighted by Crippen LogP contribution is 2.58. The predicted octanol–water partition coefficient (Wildman–Crippen LogP) is -2.04. The van der Waals surface area contributed by atoms with Crippen LogP contribution in [-0.4, -0.2) is 69.6 Å². The Bertz CT molecular complexity index is 1310. The summed E-state index contributed by atoms with van der Waals surface area (Å²) in [6, 6.07) is 0. The number of anilines is 1. The number of ketones is 1. The number of nitrogens with one attached hydrogen (secondary N) is 1. The van der Waals surface area contributed by atoms with E-state index in [0.717, 1.165) is 4.57 Å². The van der Waals surface area contributed by atoms with Crippen LogP contribution in [0, 0.1) is 5.41 Å². The Morgan fingerprint density at radius 3 is 2.51 bits per heavy atom. The second kappa shape index (κ2) is 8.81. The molecule has 3 heterocycles. The summed E-state index contributed by atoms with van der Waals surface area (Å²) in [4.78, 5) is 59.0. The summed E-state index contributed by atoms with van der Waals surface area (Å²) in [6.07, 6.45) is -4.17. The number of carbonyl (C=O) groups is 1. The number of hydrogen-bond acceptors (Lipinski definition) is 11. The van der Waals surface area contributed by atoms with Crippen molar-refractivity contribution in [1.82, 2.24) is 14.5 Å². The number of hydrogen-bond donors (Lipinski definition) is 7. The van der Waals surface area contributed by atoms with Crippen molar-refractivity contribution in [3.63, 3.8) is 0 Å². The van der Waals surface area contributed by atoms with Crippen LogP contribution in [0.1, 0.15) is 27.0 Å². The molecule has 1 fully saturated rings. The number of aryl methyl sites for hydroxylation is 1. The molecule has 0 spiro atoms. The number of fused-ring (bicyclic) bond motifs is 1. The minimum atomic E-state index is -5.45. The van der Waals surface area contributed by atoms with Crippen LogP contribution in [0.2, 0.25) is 0 Å². The molecule has 3 rings (SSSR count). The molecule has 1 aliphatic rings. The molecule has 35 heavy (non-hydrogen) atoms. The van der Waals surface area contributed by atoms with Crippen LogP contribution >= 0.6 is 15.6 Å². The van der Waals surface area contributed by atoms with Crippen LogP contribution in [0.15, 0.2) is 11.1 Å². The number of phosphoric acid groups is 2. The Morgan fingerprint density at radius 2 is 1.97 bits per heavy atom. The van der Waals surface area contributed by atoms with E-state index < -0.39 is 63.0 Å². The average Bonchev–Trinajstić information content (AvgIpc) is 3.12. The number of phosphoric ester groups is 1. The number of aromatic amines is 1. The van der Waals surface area contributed by atoms with Gasteiger partial charge in [0.25, 0.3) is 11.2 Å². The molecular formula is C16H26N5O12P2+. The number of nitrogens with zero attached hydrogens (tertiary/aromatic N) is 3. The SMILES string of the molecule is C[n+]1cn([C@@H]2O[C@H](COP(=O)(O)OP(=O)(O)O)[C@](O)(C(=O)C(C)(C)C)[C@H]2O)c2nc(N)[nH]c(=O)c21. The van der Waals surface area contributed by atoms with Gasteiger partial charge in [-0.05, 0) is 0 Å². The van der Waals surface area contributed by atoms with Gasteiger partial charge < -0.3 is 35.4 Å². The molecule has 0 aliphatic carbocycles. The van der Waals surface area contributed by atoms with Gasteiger partial charge in [0.15, 0.2) is 17.5 Å². The maximum atomic E-state index is 13.2. The smallest absolute Gasteiger partial charge is 0.382 e. The van der Waals surface area contributed by atoms with Crippen LogP contribution in [-0.2, 0) is 34.5 Å². The zero-order valence-electron chi connectivity index (χ0n) is 18.9. The molecule has 196 valence electrons. The van der Waals surface area contributed by atoms with Crippen molar-refractivity contribution < 1.29 is 57.0 Å². The minimum Gasteiger partial charge on any atom is -0.382 e. The third kappa shape index (κ3) is 5.24. The molecule has 0 bridgehead atoms. The highest BCUT2D eigenvalue weighted by Gasteiger charge is 2.64. The zero-order valence-corrected chi connectivity index (χ0v) is 20.7. The number of aliphatic hydroxyl groups excluding tert-OH is 1. The highest BCUT2D eigenvalue weighted by molar-refractivity contribution is 7.60. The predicted molar refractivity (Wildman–Crippen MR) is 114 cm³/mol. The van der Waals surface area contributed by atoms with Crippen molar-refractivity contribution in [2.75, 3.05) is 12.3 Å². The number of aromatic nitrogens is 4. The number of nitrogens with two attached hydrogens (primary N) is 1. The second-order valence-corrected chi connectivity index (χ2v) is 11.8. The van der Waals surface area contributed by atoms with Crippen LogP contribution in [0.25, 0.3) is 11.2 Å². The molecule has 1 unspecified atom stereocenters. The maximum absolute atomic E-state index is 13.2. The van der Waals surface area contributed by atoms with Gasteiger partial charge in [0.05, 0.1) is 13.7 Å². The topological polar surface area (TPSA) is 261 Å². The summed E-state index contributed by atoms with van der Waals surface area (Å²) in [6.45, 7) is 3.20. The third-order valence-corrected chi connectivity index (χ3v) is 7.37. The molecule has 2 aromatic heterocycles. The number of rotatable bonds is 7. The Labute approximate surface area is 196 Å². The molecule has 1 aliphatic heterocycles. The number of nitrogen functional groups attached to an aromatic ring is 1. The second-order valence-electron chi connectivity index (χ2n) is 8.96. The third-order valence-electron chi connectivity index (χ3n) is 5.22. The van der Waals surface area contributed by atoms with Crippen LogP contribution in [0.4, 0.5) is 5.95 Å². The molecule has 0 amide bonds. The lowest BCUT2D eigenvalue weighted by molar-refractivity contribution is -0.646. The lowest BCUT2D eigenvalue weighted by Gasteiger charge is -2.34. The highest BCUT2D eigenvalue weighted by atomic mass is 31.3. The summed E-state index contributed by atoms with van der Waals surface area (Å²) in [5, 5.41) is 22.4. The van der Waals surface area contributed by atoms with Gasteiger partial charge in [0.1, 0.15) is 6.10 Å². The average molecular weight is 542 g/mol. The van der Waals surface area contributed by atoms with E-state index in [1.165, 1.54) is 38.7 Å². The van der Waals surface area contributed by atoms with Gasteiger partial charge in [-0.2, -0.15) is 13.9 Å². The fourth-order valence-electron chi connectivity index (χ4n) is 3.79. The quantitative estimate of drug-likeness (QED) is 0.147. The van der Waals surface area contributed by atoms with Gasteiger partial charge in [0, 0.05) is 5.41 Å². The van der Waals surface area contributed by atoms with Gasteiger partial charge in [-0.25, -0.2) is 13.7 Å². The molecule has 17 nitrogen and oxygen atoms in total. The Hall–Kier alpha value is -2.04. The van der Waals surface area contributed by atoms with E-state index in [9.17, 15) is 33.8 Å². The van der Waals surface area contributed by atoms with Crippen molar-refractivity contribution in [2.24, 2.45) is 12.5 Å². The minimum absolute atomic E-state index is 0.00953. The van der Waals surface area contributed by atoms with Gasteiger partial charge >= 0.3 is 21.2 Å². The van der Waals surface area contributed by atoms with E-state index in [1.54, 1.807) is 0 Å². The lowest BCUT2D eigenvalue weighted by atomic mass is 9.75. The van der Waals surface area contributed by atoms with Gasteiger partial charge in [-0.1, -0.05) is 20.8 Å². The zero-order chi connectivity index (χ0) is 26.7. The van der Waals surface area contributed by atoms with E-state index in [4.69, 9.17) is 20.3 Å². The summed E-state index contributed by atoms with van der Waals surface area (Å²) in [5.41, 5.74) is 0.911. The number of carbonyl (C=O) groups excluding carboxylic acids is 1. The van der Waals surface area contributed by atoms with E-state index in [-0.39, 0.29) is 17.1 Å². The standard InChI is InChI=1S/C16H25N5O12P2/c1-15(2,3)13(24)16(25)7(5-31-35(29,30)33-34(26,27)28)32-12(9(16)22)21-6-20(4)8-10(21)18-14(17)19-11(8)23/h6-7,9,12,22,25H,5H2,1-4H3,(H5-,17,18,19,23,26,27,28,29,30)/p+1/t7-,9+,12-,16-/m1/s1. The first-order valence-electron chi connectivity index (χ1n) is 9.89. The van der Waals surface area contributed by atoms with E-state index in [0.29, 0.717) is 0 Å². The Balaban J connectivity index is 2.07. The normalized spacial score (nSPS) is 27.3. The number of aliphatic hydroxyl groups is 2. The van der Waals surface area contributed by atoms with E-state index in [1.807, 2.05) is 0 Å². The number of ether oxygens (including phenoxy) is 1. The molecule has 1 saturated heterocycles. The van der Waals surface area contributed by atoms with Gasteiger partial charge in [0.2, 0.25) is 18.5 Å². The molecule has 5 atom stereocenters. The van der Waals surface area contributed by atoms with Crippen LogP contribution in [0.5, 0.6) is 0 Å². The van der Waals surface area contributed by atoms with Crippen molar-refractivity contribution in [3.8, 4) is 0 Å². The number of imidazole rings is 1. The van der Waals surface area contributed by atoms with Gasteiger partial charge in [-0.3, -0.25) is 19.1 Å². The monoisotopic (exact) mass is 542 g/mol. The molecule has 19 heteroatoms. The van der Waals surface area contributed by atoms with Crippen molar-refractivity contribution in [2.45, 2.75) is 44.8 Å². The summed E-state index contributed by atoms with van der Waals surface area (Å²) >= 11 is 0. The van der Waals surface area contributed by atoms with Gasteiger partial charge in [-0.15, -0.1) is 0 Å². The fourth-order valence-corrected chi connectivity index (χ4v) is 5.38. The molecule has 0 aromatic carbocycles. The first kappa shape index (κ1) is 27.5. The van der Waals surface area contributed by atoms with E-state index >= 15 is 0 Å². The first-order valence-corrected chi connectivity index (χ1v) is 12.9. The molecular weight excluding hydrogens is 516 g/mol. The molecule has 0 saturated carbocycles. The van der Waals surface area contributed by atoms with Crippen molar-refractivity contribution in [1.29, 1.82) is 0 Å². The van der Waals surface area contributed by atoms with Crippen molar-refractivity contribution >= 4 is 38.5 Å². The molecule has 8 N–H and O–H groups in total. The van der Waals surface area contributed by atoms with Crippen molar-refractivity contribution in [3.05, 3.63) is 16.7 Å². The lowest BCUT2D eigenvalue weighted by Crippen LogP contribution is -2.59. The maximum Gasteiger partial charge on any atom is 0.481 e. The summed E-state index contributed by atoms with van der Waals surface area (Å²) < 4.78 is 39.2. The largest absolute Gasteiger partial charge is 0.481 e. The fraction of sp³-hybridized carbons (Fsp3) is 0.625. The van der Waals surface area contributed by atoms with Crippen LogP contribution < -0.4 is 15.9 Å². The summed E-state index contributed by atoms with van der Waals surface area (Å²) in [7, 11) is -9.36. The van der Waals surface area contributed by atoms with Crippen LogP contribution in [0.3, 0.4) is 0 Å². The summed E-state index contributed by atoms with van der Waals surface area (Å²) in [5.74, 6) is -1.21. The Kier molecular flexibility index (Phi) is 6.94. The Morgan fingerprint density at radius 1 is 1.37 bits per heavy atom. The van der Waals surface area contributed by atoms with E-state index in [2.05, 4.69) is 18.8 Å². The number of Topliss-reactive ketones (excluding diaryl/α,β-unsaturated/α-hetero) is 1. The molecule has 0 radical (unpaired) electrons. The molecule has 2 aromatic rings.